The summed E-state index contributed by atoms with van der Waals surface area (Å²) < 4.78 is 29.7. The van der Waals surface area contributed by atoms with Crippen molar-refractivity contribution in [3.63, 3.8) is 0 Å². The summed E-state index contributed by atoms with van der Waals surface area (Å²) in [6, 6.07) is 4.84. The molecule has 124 valence electrons. The highest BCUT2D eigenvalue weighted by Gasteiger charge is 2.17. The van der Waals surface area contributed by atoms with Crippen LogP contribution in [-0.4, -0.2) is 32.7 Å². The van der Waals surface area contributed by atoms with Crippen molar-refractivity contribution in [3.05, 3.63) is 33.8 Å². The van der Waals surface area contributed by atoms with Crippen molar-refractivity contribution in [2.75, 3.05) is 23.4 Å². The van der Waals surface area contributed by atoms with E-state index in [0.29, 0.717) is 27.0 Å². The normalized spacial score (nSPS) is 11.1. The van der Waals surface area contributed by atoms with Crippen LogP contribution in [0.25, 0.3) is 0 Å². The average molecular weight is 376 g/mol. The number of carbonyl (C=O) groups is 1. The highest BCUT2D eigenvalue weighted by atomic mass is 35.5. The number of amides is 1. The van der Waals surface area contributed by atoms with Gasteiger partial charge in [0.25, 0.3) is 5.91 Å². The second kappa shape index (κ2) is 6.73. The topological polar surface area (TPSA) is 97.4 Å². The van der Waals surface area contributed by atoms with E-state index in [1.807, 2.05) is 0 Å². The maximum atomic E-state index is 12.3. The summed E-state index contributed by atoms with van der Waals surface area (Å²) in [5.74, 6) is 0.0982. The van der Waals surface area contributed by atoms with Gasteiger partial charge in [-0.2, -0.15) is 0 Å². The molecule has 10 heteroatoms. The van der Waals surface area contributed by atoms with Crippen molar-refractivity contribution in [1.29, 1.82) is 0 Å². The SMILES string of the molecule is COc1ccc(NC(=O)c2sc(NS(C)(=O)=O)nc2C)cc1Cl. The van der Waals surface area contributed by atoms with E-state index in [1.165, 1.54) is 7.11 Å². The maximum absolute atomic E-state index is 12.3. The van der Waals surface area contributed by atoms with Crippen molar-refractivity contribution >= 4 is 49.7 Å². The Hall–Kier alpha value is -1.84. The fourth-order valence-corrected chi connectivity index (χ4v) is 3.70. The number of hydrogen-bond donors (Lipinski definition) is 2. The Labute approximate surface area is 142 Å². The molecule has 0 aliphatic carbocycles. The smallest absolute Gasteiger partial charge is 0.267 e. The molecule has 0 saturated carbocycles. The Morgan fingerprint density at radius 2 is 2.09 bits per heavy atom. The lowest BCUT2D eigenvalue weighted by molar-refractivity contribution is 0.103. The first-order chi connectivity index (χ1) is 10.7. The predicted octanol–water partition coefficient (Wildman–Crippen LogP) is 2.74. The van der Waals surface area contributed by atoms with Crippen molar-refractivity contribution in [2.45, 2.75) is 6.92 Å². The summed E-state index contributed by atoms with van der Waals surface area (Å²) in [4.78, 5) is 16.6. The molecule has 0 unspecified atom stereocenters. The Kier molecular flexibility index (Phi) is 5.12. The van der Waals surface area contributed by atoms with Crippen molar-refractivity contribution < 1.29 is 17.9 Å². The first-order valence-corrected chi connectivity index (χ1v) is 9.38. The first-order valence-electron chi connectivity index (χ1n) is 6.29. The number of aromatic nitrogens is 1. The molecule has 0 bridgehead atoms. The predicted molar refractivity (Wildman–Crippen MR) is 91.3 cm³/mol. The van der Waals surface area contributed by atoms with E-state index < -0.39 is 15.9 Å². The lowest BCUT2D eigenvalue weighted by Crippen LogP contribution is -2.11. The van der Waals surface area contributed by atoms with Crippen LogP contribution in [0, 0.1) is 6.92 Å². The number of anilines is 2. The number of hydrogen-bond acceptors (Lipinski definition) is 6. The highest BCUT2D eigenvalue weighted by molar-refractivity contribution is 7.92. The summed E-state index contributed by atoms with van der Waals surface area (Å²) in [6.07, 6.45) is 1.02. The number of thiazole rings is 1. The molecule has 0 saturated heterocycles. The van der Waals surface area contributed by atoms with Crippen LogP contribution in [0.2, 0.25) is 5.02 Å². The van der Waals surface area contributed by atoms with Crippen LogP contribution < -0.4 is 14.8 Å². The van der Waals surface area contributed by atoms with Crippen molar-refractivity contribution in [2.24, 2.45) is 0 Å². The summed E-state index contributed by atoms with van der Waals surface area (Å²) in [7, 11) is -1.95. The van der Waals surface area contributed by atoms with E-state index >= 15 is 0 Å². The minimum atomic E-state index is -3.44. The van der Waals surface area contributed by atoms with Crippen LogP contribution in [0.3, 0.4) is 0 Å². The molecule has 0 atom stereocenters. The van der Waals surface area contributed by atoms with E-state index in [9.17, 15) is 13.2 Å². The van der Waals surface area contributed by atoms with E-state index in [2.05, 4.69) is 15.0 Å². The van der Waals surface area contributed by atoms with Gasteiger partial charge in [0.15, 0.2) is 5.13 Å². The molecular weight excluding hydrogens is 362 g/mol. The Bertz CT molecular complexity index is 849. The summed E-state index contributed by atoms with van der Waals surface area (Å²) in [5, 5.41) is 3.19. The molecule has 0 aliphatic rings. The molecule has 1 amide bonds. The number of methoxy groups -OCH3 is 1. The average Bonchev–Trinajstić information content (AvgIpc) is 2.77. The molecule has 7 nitrogen and oxygen atoms in total. The molecule has 1 aromatic carbocycles. The molecule has 0 radical (unpaired) electrons. The van der Waals surface area contributed by atoms with Crippen LogP contribution in [-0.2, 0) is 10.0 Å². The number of carbonyl (C=O) groups excluding carboxylic acids is 1. The maximum Gasteiger partial charge on any atom is 0.267 e. The first kappa shape index (κ1) is 17.5. The molecular formula is C13H14ClN3O4S2. The molecule has 1 aromatic heterocycles. The molecule has 0 aliphatic heterocycles. The standard InChI is InChI=1S/C13H14ClN3O4S2/c1-7-11(22-13(15-7)17-23(3,19)20)12(18)16-8-4-5-10(21-2)9(14)6-8/h4-6H,1-3H3,(H,15,17)(H,16,18). The molecule has 0 fully saturated rings. The van der Waals surface area contributed by atoms with Gasteiger partial charge >= 0.3 is 0 Å². The van der Waals surface area contributed by atoms with Crippen molar-refractivity contribution in [1.82, 2.24) is 4.98 Å². The second-order valence-electron chi connectivity index (χ2n) is 4.61. The van der Waals surface area contributed by atoms with Gasteiger partial charge in [0.1, 0.15) is 10.6 Å². The quantitative estimate of drug-likeness (QED) is 0.837. The fraction of sp³-hybridized carbons (Fsp3) is 0.231. The van der Waals surface area contributed by atoms with Crippen LogP contribution >= 0.6 is 22.9 Å². The number of aryl methyl sites for hydroxylation is 1. The van der Waals surface area contributed by atoms with Gasteiger partial charge in [0.2, 0.25) is 10.0 Å². The number of ether oxygens (including phenoxy) is 1. The number of sulfonamides is 1. The van der Waals surface area contributed by atoms with Gasteiger partial charge < -0.3 is 10.1 Å². The molecule has 0 spiro atoms. The van der Waals surface area contributed by atoms with Gasteiger partial charge in [-0.1, -0.05) is 22.9 Å². The minimum Gasteiger partial charge on any atom is -0.495 e. The van der Waals surface area contributed by atoms with E-state index in [0.717, 1.165) is 17.6 Å². The van der Waals surface area contributed by atoms with E-state index in [4.69, 9.17) is 16.3 Å². The van der Waals surface area contributed by atoms with Gasteiger partial charge in [0.05, 0.1) is 24.1 Å². The van der Waals surface area contributed by atoms with Gasteiger partial charge in [0, 0.05) is 5.69 Å². The Balaban J connectivity index is 2.19. The molecule has 2 N–H and O–H groups in total. The highest BCUT2D eigenvalue weighted by Crippen LogP contribution is 2.28. The zero-order chi connectivity index (χ0) is 17.2. The molecule has 23 heavy (non-hydrogen) atoms. The largest absolute Gasteiger partial charge is 0.495 e. The summed E-state index contributed by atoms with van der Waals surface area (Å²) in [6.45, 7) is 1.62. The zero-order valence-corrected chi connectivity index (χ0v) is 14.9. The number of rotatable bonds is 5. The monoisotopic (exact) mass is 375 g/mol. The van der Waals surface area contributed by atoms with Crippen LogP contribution in [0.4, 0.5) is 10.8 Å². The summed E-state index contributed by atoms with van der Waals surface area (Å²) >= 11 is 6.96. The Morgan fingerprint density at radius 3 is 2.65 bits per heavy atom. The Morgan fingerprint density at radius 1 is 1.39 bits per heavy atom. The lowest BCUT2D eigenvalue weighted by atomic mass is 10.3. The third-order valence-electron chi connectivity index (χ3n) is 2.69. The van der Waals surface area contributed by atoms with Crippen LogP contribution in [0.1, 0.15) is 15.4 Å². The third kappa shape index (κ3) is 4.57. The van der Waals surface area contributed by atoms with Crippen LogP contribution in [0.15, 0.2) is 18.2 Å². The van der Waals surface area contributed by atoms with Crippen LogP contribution in [0.5, 0.6) is 5.75 Å². The fourth-order valence-electron chi connectivity index (χ4n) is 1.74. The number of benzene rings is 1. The molecule has 2 aromatic rings. The number of nitrogens with one attached hydrogen (secondary N) is 2. The van der Waals surface area contributed by atoms with Gasteiger partial charge in [-0.05, 0) is 25.1 Å². The van der Waals surface area contributed by atoms with Gasteiger partial charge in [-0.25, -0.2) is 13.4 Å². The summed E-state index contributed by atoms with van der Waals surface area (Å²) in [5.41, 5.74) is 0.921. The van der Waals surface area contributed by atoms with E-state index in [-0.39, 0.29) is 5.13 Å². The number of halogens is 1. The molecule has 1 heterocycles. The number of nitrogens with zero attached hydrogens (tertiary/aromatic N) is 1. The third-order valence-corrected chi connectivity index (χ3v) is 4.75. The van der Waals surface area contributed by atoms with Gasteiger partial charge in [-0.15, -0.1) is 0 Å². The van der Waals surface area contributed by atoms with Gasteiger partial charge in [-0.3, -0.25) is 9.52 Å². The van der Waals surface area contributed by atoms with E-state index in [1.54, 1.807) is 25.1 Å². The molecule has 2 rings (SSSR count). The van der Waals surface area contributed by atoms with Crippen molar-refractivity contribution in [3.8, 4) is 5.75 Å². The zero-order valence-electron chi connectivity index (χ0n) is 12.5. The lowest BCUT2D eigenvalue weighted by Gasteiger charge is -2.07. The second-order valence-corrected chi connectivity index (χ2v) is 7.77. The minimum absolute atomic E-state index is 0.142.